The average molecular weight is 900 g/mol. The molecule has 0 radical (unpaired) electrons. The maximum absolute atomic E-state index is 13.2. The van der Waals surface area contributed by atoms with Gasteiger partial charge >= 0.3 is 0 Å². The number of benzene rings is 1. The minimum absolute atomic E-state index is 0.0270. The standard InChI is InChI=1S/C43H69N3O17/c1-2-52-13-14-54-17-18-56-21-22-58-25-26-60-29-30-62-33-34-63-32-31-61-28-27-59-24-23-57-20-19-55-16-15-53-12-5-3-4-9-38(47)44-36-8-6-7-35-40(36)43(51)46(42(35)50)37-10-11-39(48)45-41(37)49/h6-8,37H,2-5,9-34H2,1H3,(H,44,47)(H,45,48,49). The van der Waals surface area contributed by atoms with Gasteiger partial charge in [0.05, 0.1) is 162 Å². The summed E-state index contributed by atoms with van der Waals surface area (Å²) in [6, 6.07) is 3.53. The summed E-state index contributed by atoms with van der Waals surface area (Å²) in [4.78, 5) is 63.6. The number of ether oxygens (including phenoxy) is 12. The Bertz CT molecular complexity index is 1440. The number of piperidine rings is 1. The zero-order chi connectivity index (χ0) is 45.0. The SMILES string of the molecule is CCOCCOCCOCCOCCOCCOCCOCCOCCOCCOCCOCCOCCCCCC(=O)Nc1cccc2c1C(=O)N(C1CCC(=O)NC1=O)C2=O. The minimum Gasteiger partial charge on any atom is -0.379 e. The molecular formula is C43H69N3O17. The molecule has 2 N–H and O–H groups in total. The smallest absolute Gasteiger partial charge is 0.264 e. The van der Waals surface area contributed by atoms with E-state index in [1.807, 2.05) is 6.92 Å². The van der Waals surface area contributed by atoms with Gasteiger partial charge in [0.2, 0.25) is 17.7 Å². The van der Waals surface area contributed by atoms with Crippen molar-refractivity contribution < 1.29 is 80.8 Å². The van der Waals surface area contributed by atoms with Crippen LogP contribution in [0.4, 0.5) is 5.69 Å². The number of hydrogen-bond donors (Lipinski definition) is 2. The topological polar surface area (TPSA) is 223 Å². The molecule has 3 rings (SSSR count). The van der Waals surface area contributed by atoms with Gasteiger partial charge in [-0.2, -0.15) is 0 Å². The number of fused-ring (bicyclic) bond motifs is 1. The van der Waals surface area contributed by atoms with Crippen LogP contribution in [0.1, 0.15) is 66.2 Å². The summed E-state index contributed by atoms with van der Waals surface area (Å²) in [5.74, 6) is -2.72. The van der Waals surface area contributed by atoms with E-state index in [1.165, 1.54) is 6.07 Å². The van der Waals surface area contributed by atoms with E-state index in [0.717, 1.165) is 17.7 Å². The largest absolute Gasteiger partial charge is 0.379 e. The number of nitrogens with one attached hydrogen (secondary N) is 2. The Kier molecular flexibility index (Phi) is 30.6. The Morgan fingerprint density at radius 1 is 0.556 bits per heavy atom. The van der Waals surface area contributed by atoms with Gasteiger partial charge in [0.25, 0.3) is 11.8 Å². The van der Waals surface area contributed by atoms with Gasteiger partial charge in [0, 0.05) is 26.1 Å². The lowest BCUT2D eigenvalue weighted by Gasteiger charge is -2.27. The summed E-state index contributed by atoms with van der Waals surface area (Å²) in [6.45, 7) is 14.0. The van der Waals surface area contributed by atoms with Crippen LogP contribution in [0.25, 0.3) is 0 Å². The van der Waals surface area contributed by atoms with Crippen molar-refractivity contribution in [3.05, 3.63) is 29.3 Å². The highest BCUT2D eigenvalue weighted by Gasteiger charge is 2.45. The van der Waals surface area contributed by atoms with Crippen molar-refractivity contribution in [2.45, 2.75) is 51.5 Å². The van der Waals surface area contributed by atoms with Crippen LogP contribution in [-0.2, 0) is 71.2 Å². The van der Waals surface area contributed by atoms with Crippen LogP contribution >= 0.6 is 0 Å². The normalized spacial score (nSPS) is 15.1. The highest BCUT2D eigenvalue weighted by atomic mass is 16.6. The second-order valence-electron chi connectivity index (χ2n) is 14.0. The van der Waals surface area contributed by atoms with E-state index in [2.05, 4.69) is 10.6 Å². The molecular weight excluding hydrogens is 830 g/mol. The number of imide groups is 2. The van der Waals surface area contributed by atoms with E-state index >= 15 is 0 Å². The molecule has 1 aromatic carbocycles. The molecule has 2 aliphatic rings. The molecule has 0 bridgehead atoms. The molecule has 1 saturated heterocycles. The first-order valence-corrected chi connectivity index (χ1v) is 22.0. The molecule has 1 atom stereocenters. The molecule has 1 fully saturated rings. The Hall–Kier alpha value is -3.51. The minimum atomic E-state index is -1.08. The van der Waals surface area contributed by atoms with E-state index in [4.69, 9.17) is 56.8 Å². The van der Waals surface area contributed by atoms with Crippen molar-refractivity contribution in [1.82, 2.24) is 10.2 Å². The fourth-order valence-corrected chi connectivity index (χ4v) is 6.06. The molecule has 2 heterocycles. The maximum Gasteiger partial charge on any atom is 0.264 e. The number of nitrogens with zero attached hydrogens (tertiary/aromatic N) is 1. The van der Waals surface area contributed by atoms with E-state index in [9.17, 15) is 24.0 Å². The summed E-state index contributed by atoms with van der Waals surface area (Å²) in [5.41, 5.74) is 0.379. The summed E-state index contributed by atoms with van der Waals surface area (Å²) >= 11 is 0. The van der Waals surface area contributed by atoms with Crippen molar-refractivity contribution in [1.29, 1.82) is 0 Å². The van der Waals surface area contributed by atoms with Crippen molar-refractivity contribution >= 4 is 35.2 Å². The number of rotatable bonds is 42. The third-order valence-electron chi connectivity index (χ3n) is 9.23. The summed E-state index contributed by atoms with van der Waals surface area (Å²) < 4.78 is 65.5. The quantitative estimate of drug-likeness (QED) is 0.0705. The lowest BCUT2D eigenvalue weighted by molar-refractivity contribution is -0.136. The van der Waals surface area contributed by atoms with Crippen molar-refractivity contribution in [3.8, 4) is 0 Å². The highest BCUT2D eigenvalue weighted by Crippen LogP contribution is 2.32. The summed E-state index contributed by atoms with van der Waals surface area (Å²) in [5, 5.41) is 4.91. The molecule has 2 aliphatic heterocycles. The van der Waals surface area contributed by atoms with Crippen molar-refractivity contribution in [2.24, 2.45) is 0 Å². The molecule has 5 amide bonds. The Morgan fingerprint density at radius 3 is 1.38 bits per heavy atom. The van der Waals surface area contributed by atoms with Crippen LogP contribution in [0.15, 0.2) is 18.2 Å². The number of anilines is 1. The first-order valence-electron chi connectivity index (χ1n) is 22.0. The Balaban J connectivity index is 0.982. The fourth-order valence-electron chi connectivity index (χ4n) is 6.06. The summed E-state index contributed by atoms with van der Waals surface area (Å²) in [7, 11) is 0. The number of hydrogen-bond acceptors (Lipinski definition) is 17. The van der Waals surface area contributed by atoms with Gasteiger partial charge in [-0.05, 0) is 38.3 Å². The highest BCUT2D eigenvalue weighted by molar-refractivity contribution is 6.26. The van der Waals surface area contributed by atoms with Gasteiger partial charge in [-0.3, -0.25) is 34.2 Å². The van der Waals surface area contributed by atoms with Crippen LogP contribution in [0, 0.1) is 0 Å². The molecule has 358 valence electrons. The van der Waals surface area contributed by atoms with Crippen LogP contribution in [0.3, 0.4) is 0 Å². The number of carbonyl (C=O) groups excluding carboxylic acids is 5. The molecule has 1 aromatic rings. The van der Waals surface area contributed by atoms with E-state index in [-0.39, 0.29) is 42.0 Å². The van der Waals surface area contributed by atoms with Gasteiger partial charge in [-0.1, -0.05) is 12.5 Å². The molecule has 20 heteroatoms. The van der Waals surface area contributed by atoms with Crippen LogP contribution < -0.4 is 10.6 Å². The van der Waals surface area contributed by atoms with Crippen molar-refractivity contribution in [2.75, 3.05) is 164 Å². The molecule has 20 nitrogen and oxygen atoms in total. The van der Waals surface area contributed by atoms with Gasteiger partial charge in [-0.25, -0.2) is 0 Å². The maximum atomic E-state index is 13.2. The fraction of sp³-hybridized carbons (Fsp3) is 0.744. The molecule has 0 aliphatic carbocycles. The number of unbranched alkanes of at least 4 members (excludes halogenated alkanes) is 2. The Labute approximate surface area is 370 Å². The van der Waals surface area contributed by atoms with E-state index in [1.54, 1.807) is 12.1 Å². The molecule has 1 unspecified atom stereocenters. The predicted octanol–water partition coefficient (Wildman–Crippen LogP) is 1.81. The molecule has 0 aromatic heterocycles. The van der Waals surface area contributed by atoms with Gasteiger partial charge in [-0.15, -0.1) is 0 Å². The second kappa shape index (κ2) is 35.8. The van der Waals surface area contributed by atoms with Crippen LogP contribution in [-0.4, -0.2) is 199 Å². The molecule has 0 saturated carbocycles. The zero-order valence-corrected chi connectivity index (χ0v) is 36.9. The lowest BCUT2D eigenvalue weighted by Crippen LogP contribution is -2.54. The second-order valence-corrected chi connectivity index (χ2v) is 14.0. The van der Waals surface area contributed by atoms with Crippen LogP contribution in [0.5, 0.6) is 0 Å². The first-order chi connectivity index (χ1) is 30.9. The summed E-state index contributed by atoms with van der Waals surface area (Å²) in [6.07, 6.45) is 2.44. The van der Waals surface area contributed by atoms with Gasteiger partial charge in [0.1, 0.15) is 6.04 Å². The molecule has 0 spiro atoms. The first kappa shape index (κ1) is 53.8. The predicted molar refractivity (Wildman–Crippen MR) is 226 cm³/mol. The van der Waals surface area contributed by atoms with Gasteiger partial charge in [0.15, 0.2) is 0 Å². The third kappa shape index (κ3) is 23.8. The number of carbonyl (C=O) groups is 5. The lowest BCUT2D eigenvalue weighted by atomic mass is 10.0. The third-order valence-corrected chi connectivity index (χ3v) is 9.23. The number of amides is 5. The van der Waals surface area contributed by atoms with E-state index < -0.39 is 29.7 Å². The van der Waals surface area contributed by atoms with Crippen molar-refractivity contribution in [3.63, 3.8) is 0 Å². The average Bonchev–Trinajstić information content (AvgIpc) is 3.53. The van der Waals surface area contributed by atoms with Crippen LogP contribution in [0.2, 0.25) is 0 Å². The van der Waals surface area contributed by atoms with E-state index in [0.29, 0.717) is 165 Å². The van der Waals surface area contributed by atoms with Gasteiger partial charge < -0.3 is 62.2 Å². The zero-order valence-electron chi connectivity index (χ0n) is 36.9. The Morgan fingerprint density at radius 2 is 0.968 bits per heavy atom. The molecule has 63 heavy (non-hydrogen) atoms. The monoisotopic (exact) mass is 899 g/mol.